The Balaban J connectivity index is 2.55. The summed E-state index contributed by atoms with van der Waals surface area (Å²) in [6.07, 6.45) is 3.06. The van der Waals surface area contributed by atoms with Crippen LogP contribution in [-0.2, 0) is 4.74 Å². The van der Waals surface area contributed by atoms with Crippen molar-refractivity contribution >= 4 is 6.09 Å². The number of carbonyl (C=O) groups excluding carboxylic acids is 1. The van der Waals surface area contributed by atoms with Crippen LogP contribution in [0.25, 0.3) is 0 Å². The van der Waals surface area contributed by atoms with E-state index in [2.05, 4.69) is 0 Å². The first kappa shape index (κ1) is 16.2. The maximum atomic E-state index is 12.1. The van der Waals surface area contributed by atoms with Gasteiger partial charge in [0.1, 0.15) is 5.60 Å². The van der Waals surface area contributed by atoms with Crippen molar-refractivity contribution in [2.24, 2.45) is 11.7 Å². The fourth-order valence-electron chi connectivity index (χ4n) is 2.40. The summed E-state index contributed by atoms with van der Waals surface area (Å²) in [5.41, 5.74) is 4.99. The van der Waals surface area contributed by atoms with Gasteiger partial charge >= 0.3 is 6.09 Å². The maximum Gasteiger partial charge on any atom is 0.410 e. The van der Waals surface area contributed by atoms with E-state index in [1.54, 1.807) is 4.90 Å². The lowest BCUT2D eigenvalue weighted by Crippen LogP contribution is -2.39. The number of nitrogens with two attached hydrogens (primary N) is 1. The molecule has 2 unspecified atom stereocenters. The van der Waals surface area contributed by atoms with E-state index in [9.17, 15) is 9.90 Å². The first-order valence-corrected chi connectivity index (χ1v) is 7.18. The Morgan fingerprint density at radius 2 is 2.16 bits per heavy atom. The second-order valence-corrected chi connectivity index (χ2v) is 6.41. The van der Waals surface area contributed by atoms with E-state index in [0.29, 0.717) is 18.9 Å². The summed E-state index contributed by atoms with van der Waals surface area (Å²) < 4.78 is 5.41. The van der Waals surface area contributed by atoms with Gasteiger partial charge in [0.05, 0.1) is 6.10 Å². The molecule has 1 rings (SSSR count). The Labute approximate surface area is 116 Å². The van der Waals surface area contributed by atoms with Crippen LogP contribution in [0, 0.1) is 5.92 Å². The van der Waals surface area contributed by atoms with Crippen molar-refractivity contribution in [3.63, 3.8) is 0 Å². The van der Waals surface area contributed by atoms with E-state index < -0.39 is 11.7 Å². The second-order valence-electron chi connectivity index (χ2n) is 6.41. The molecular formula is C14H28N2O3. The second kappa shape index (κ2) is 7.10. The zero-order chi connectivity index (χ0) is 14.5. The first-order valence-electron chi connectivity index (χ1n) is 7.18. The third-order valence-corrected chi connectivity index (χ3v) is 3.30. The molecule has 112 valence electrons. The summed E-state index contributed by atoms with van der Waals surface area (Å²) >= 11 is 0. The monoisotopic (exact) mass is 272 g/mol. The van der Waals surface area contributed by atoms with Crippen LogP contribution in [0.15, 0.2) is 0 Å². The summed E-state index contributed by atoms with van der Waals surface area (Å²) in [5, 5.41) is 9.65. The fraction of sp³-hybridized carbons (Fsp3) is 0.929. The number of hydrogen-bond acceptors (Lipinski definition) is 4. The van der Waals surface area contributed by atoms with Gasteiger partial charge in [-0.15, -0.1) is 0 Å². The van der Waals surface area contributed by atoms with E-state index in [0.717, 1.165) is 25.8 Å². The van der Waals surface area contributed by atoms with E-state index in [4.69, 9.17) is 10.5 Å². The number of ether oxygens (including phenoxy) is 1. The quantitative estimate of drug-likeness (QED) is 0.820. The molecule has 5 nitrogen and oxygen atoms in total. The zero-order valence-electron chi connectivity index (χ0n) is 12.4. The van der Waals surface area contributed by atoms with Crippen molar-refractivity contribution in [1.29, 1.82) is 0 Å². The molecule has 1 aliphatic heterocycles. The molecule has 1 aliphatic rings. The molecule has 0 aliphatic carbocycles. The van der Waals surface area contributed by atoms with Gasteiger partial charge in [0.25, 0.3) is 0 Å². The number of nitrogens with zero attached hydrogens (tertiary/aromatic N) is 1. The maximum absolute atomic E-state index is 12.1. The molecule has 2 atom stereocenters. The molecule has 5 heteroatoms. The van der Waals surface area contributed by atoms with Crippen molar-refractivity contribution in [2.75, 3.05) is 19.6 Å². The summed E-state index contributed by atoms with van der Waals surface area (Å²) in [7, 11) is 0. The van der Waals surface area contributed by atoms with E-state index in [1.807, 2.05) is 20.8 Å². The first-order chi connectivity index (χ1) is 8.81. The predicted octanol–water partition coefficient (Wildman–Crippen LogP) is 1.73. The number of rotatable bonds is 3. The molecule has 3 N–H and O–H groups in total. The molecule has 0 aromatic rings. The van der Waals surface area contributed by atoms with Crippen molar-refractivity contribution in [2.45, 2.75) is 58.2 Å². The van der Waals surface area contributed by atoms with Gasteiger partial charge in [-0.3, -0.25) is 0 Å². The topological polar surface area (TPSA) is 75.8 Å². The number of hydrogen-bond donors (Lipinski definition) is 2. The number of carbonyl (C=O) groups is 1. The van der Waals surface area contributed by atoms with Crippen molar-refractivity contribution in [3.8, 4) is 0 Å². The Kier molecular flexibility index (Phi) is 6.07. The van der Waals surface area contributed by atoms with Gasteiger partial charge in [-0.25, -0.2) is 4.79 Å². The van der Waals surface area contributed by atoms with Gasteiger partial charge in [0, 0.05) is 19.6 Å². The van der Waals surface area contributed by atoms with Crippen LogP contribution in [0.1, 0.15) is 46.5 Å². The van der Waals surface area contributed by atoms with Crippen LogP contribution < -0.4 is 5.73 Å². The summed E-state index contributed by atoms with van der Waals surface area (Å²) in [4.78, 5) is 13.9. The summed E-state index contributed by atoms with van der Waals surface area (Å²) in [5.74, 6) is 0.313. The number of likely N-dealkylation sites (tertiary alicyclic amines) is 1. The molecule has 0 spiro atoms. The average Bonchev–Trinajstić information content (AvgIpc) is 2.52. The molecule has 0 saturated carbocycles. The van der Waals surface area contributed by atoms with Gasteiger partial charge < -0.3 is 20.5 Å². The Bertz CT molecular complexity index is 289. The average molecular weight is 272 g/mol. The van der Waals surface area contributed by atoms with Crippen LogP contribution in [0.3, 0.4) is 0 Å². The lowest BCUT2D eigenvalue weighted by atomic mass is 9.96. The third kappa shape index (κ3) is 6.25. The van der Waals surface area contributed by atoms with Crippen molar-refractivity contribution < 1.29 is 14.6 Å². The minimum Gasteiger partial charge on any atom is -0.444 e. The van der Waals surface area contributed by atoms with Gasteiger partial charge in [0.15, 0.2) is 0 Å². The van der Waals surface area contributed by atoms with Crippen molar-refractivity contribution in [1.82, 2.24) is 4.90 Å². The number of aliphatic hydroxyl groups is 1. The van der Waals surface area contributed by atoms with Gasteiger partial charge in [-0.2, -0.15) is 0 Å². The molecule has 0 aromatic heterocycles. The predicted molar refractivity (Wildman–Crippen MR) is 74.8 cm³/mol. The molecule has 1 fully saturated rings. The van der Waals surface area contributed by atoms with Crippen LogP contribution in [-0.4, -0.2) is 47.4 Å². The lowest BCUT2D eigenvalue weighted by Gasteiger charge is -2.28. The normalized spacial score (nSPS) is 22.8. The summed E-state index contributed by atoms with van der Waals surface area (Å²) in [6.45, 7) is 7.30. The zero-order valence-corrected chi connectivity index (χ0v) is 12.4. The fourth-order valence-corrected chi connectivity index (χ4v) is 2.40. The molecule has 0 aromatic carbocycles. The highest BCUT2D eigenvalue weighted by atomic mass is 16.6. The van der Waals surface area contributed by atoms with Crippen LogP contribution in [0.4, 0.5) is 4.79 Å². The molecule has 1 amide bonds. The van der Waals surface area contributed by atoms with Crippen LogP contribution in [0.2, 0.25) is 0 Å². The van der Waals surface area contributed by atoms with Crippen LogP contribution >= 0.6 is 0 Å². The summed E-state index contributed by atoms with van der Waals surface area (Å²) in [6, 6.07) is 0. The molecular weight excluding hydrogens is 244 g/mol. The number of aliphatic hydroxyl groups excluding tert-OH is 1. The van der Waals surface area contributed by atoms with Gasteiger partial charge in [-0.1, -0.05) is 6.42 Å². The molecule has 0 radical (unpaired) electrons. The standard InChI is InChI=1S/C14H28N2O3/c1-14(2,3)19-13(18)16-7-5-4-6-11(10-16)8-12(17)9-15/h11-12,17H,4-10,15H2,1-3H3. The Morgan fingerprint density at radius 3 is 2.74 bits per heavy atom. The molecule has 19 heavy (non-hydrogen) atoms. The van der Waals surface area contributed by atoms with E-state index in [-0.39, 0.29) is 12.6 Å². The smallest absolute Gasteiger partial charge is 0.410 e. The molecule has 0 bridgehead atoms. The minimum atomic E-state index is -0.469. The lowest BCUT2D eigenvalue weighted by molar-refractivity contribution is 0.0217. The third-order valence-electron chi connectivity index (χ3n) is 3.30. The Hall–Kier alpha value is -0.810. The van der Waals surface area contributed by atoms with E-state index >= 15 is 0 Å². The highest BCUT2D eigenvalue weighted by molar-refractivity contribution is 5.68. The SMILES string of the molecule is CC(C)(C)OC(=O)N1CCCCC(CC(O)CN)C1. The largest absolute Gasteiger partial charge is 0.444 e. The van der Waals surface area contributed by atoms with E-state index in [1.165, 1.54) is 0 Å². The number of amides is 1. The minimum absolute atomic E-state index is 0.248. The highest BCUT2D eigenvalue weighted by Gasteiger charge is 2.27. The van der Waals surface area contributed by atoms with Gasteiger partial charge in [-0.05, 0) is 46.0 Å². The van der Waals surface area contributed by atoms with Gasteiger partial charge in [0.2, 0.25) is 0 Å². The van der Waals surface area contributed by atoms with Crippen LogP contribution in [0.5, 0.6) is 0 Å². The Morgan fingerprint density at radius 1 is 1.47 bits per heavy atom. The molecule has 1 saturated heterocycles. The molecule has 1 heterocycles. The highest BCUT2D eigenvalue weighted by Crippen LogP contribution is 2.22. The van der Waals surface area contributed by atoms with Crippen molar-refractivity contribution in [3.05, 3.63) is 0 Å².